The van der Waals surface area contributed by atoms with E-state index in [4.69, 9.17) is 0 Å². The summed E-state index contributed by atoms with van der Waals surface area (Å²) in [5.74, 6) is -0.0129. The number of rotatable bonds is 8. The van der Waals surface area contributed by atoms with Crippen molar-refractivity contribution in [3.05, 3.63) is 70.9 Å². The molecule has 0 fully saturated rings. The van der Waals surface area contributed by atoms with Crippen LogP contribution in [0.5, 0.6) is 0 Å². The second-order valence-electron chi connectivity index (χ2n) is 6.55. The minimum Gasteiger partial charge on any atom is -0.343 e. The fourth-order valence-electron chi connectivity index (χ4n) is 3.06. The van der Waals surface area contributed by atoms with Crippen LogP contribution in [0.3, 0.4) is 0 Å². The van der Waals surface area contributed by atoms with Crippen LogP contribution in [0.15, 0.2) is 70.3 Å². The quantitative estimate of drug-likeness (QED) is 0.569. The largest absolute Gasteiger partial charge is 0.343 e. The van der Waals surface area contributed by atoms with Crippen molar-refractivity contribution in [1.82, 2.24) is 4.90 Å². The van der Waals surface area contributed by atoms with E-state index in [1.165, 1.54) is 11.3 Å². The molecule has 0 spiro atoms. The molecule has 0 saturated carbocycles. The van der Waals surface area contributed by atoms with E-state index < -0.39 is 10.0 Å². The SMILES string of the molecule is CCN(CC)C(=O)Cc1cscc1NS(=O)(=O)c1ccc(-c2ccccc2)cc1. The summed E-state index contributed by atoms with van der Waals surface area (Å²) in [7, 11) is -3.74. The van der Waals surface area contributed by atoms with E-state index >= 15 is 0 Å². The number of thiophene rings is 1. The lowest BCUT2D eigenvalue weighted by Gasteiger charge is -2.18. The normalized spacial score (nSPS) is 11.2. The Bertz CT molecular complexity index is 1050. The molecule has 0 aliphatic carbocycles. The third-order valence-electron chi connectivity index (χ3n) is 4.72. The van der Waals surface area contributed by atoms with Crippen LogP contribution >= 0.6 is 11.3 Å². The minimum absolute atomic E-state index is 0.0129. The first-order chi connectivity index (χ1) is 13.9. The highest BCUT2D eigenvalue weighted by Crippen LogP contribution is 2.26. The van der Waals surface area contributed by atoms with Crippen molar-refractivity contribution in [2.75, 3.05) is 17.8 Å². The van der Waals surface area contributed by atoms with E-state index in [9.17, 15) is 13.2 Å². The van der Waals surface area contributed by atoms with E-state index in [0.717, 1.165) is 11.1 Å². The van der Waals surface area contributed by atoms with Gasteiger partial charge in [0.05, 0.1) is 17.0 Å². The molecule has 1 aromatic heterocycles. The molecule has 1 N–H and O–H groups in total. The highest BCUT2D eigenvalue weighted by atomic mass is 32.2. The molecule has 0 saturated heterocycles. The van der Waals surface area contributed by atoms with Gasteiger partial charge in [-0.2, -0.15) is 0 Å². The van der Waals surface area contributed by atoms with Crippen LogP contribution in [-0.4, -0.2) is 32.3 Å². The molecule has 1 heterocycles. The third kappa shape index (κ3) is 5.05. The molecule has 0 aliphatic rings. The van der Waals surface area contributed by atoms with Gasteiger partial charge in [0.15, 0.2) is 0 Å². The molecule has 2 aromatic carbocycles. The summed E-state index contributed by atoms with van der Waals surface area (Å²) in [6.45, 7) is 5.12. The molecule has 0 aliphatic heterocycles. The number of amides is 1. The number of nitrogens with zero attached hydrogens (tertiary/aromatic N) is 1. The topological polar surface area (TPSA) is 66.5 Å². The van der Waals surface area contributed by atoms with Crippen molar-refractivity contribution < 1.29 is 13.2 Å². The first-order valence-electron chi connectivity index (χ1n) is 9.45. The first-order valence-corrected chi connectivity index (χ1v) is 11.9. The van der Waals surface area contributed by atoms with Gasteiger partial charge in [0.2, 0.25) is 5.91 Å². The van der Waals surface area contributed by atoms with Gasteiger partial charge < -0.3 is 4.90 Å². The molecule has 5 nitrogen and oxygen atoms in total. The molecule has 1 amide bonds. The van der Waals surface area contributed by atoms with Gasteiger partial charge in [0.1, 0.15) is 0 Å². The monoisotopic (exact) mass is 428 g/mol. The van der Waals surface area contributed by atoms with Gasteiger partial charge in [0, 0.05) is 18.5 Å². The van der Waals surface area contributed by atoms with Gasteiger partial charge in [-0.3, -0.25) is 9.52 Å². The number of carbonyl (C=O) groups is 1. The minimum atomic E-state index is -3.74. The third-order valence-corrected chi connectivity index (χ3v) is 6.89. The molecule has 3 aromatic rings. The van der Waals surface area contributed by atoms with Crippen molar-refractivity contribution in [2.45, 2.75) is 25.2 Å². The van der Waals surface area contributed by atoms with Crippen LogP contribution in [0.4, 0.5) is 5.69 Å². The number of carbonyl (C=O) groups excluding carboxylic acids is 1. The van der Waals surface area contributed by atoms with Gasteiger partial charge in [-0.25, -0.2) is 8.42 Å². The Labute approximate surface area is 176 Å². The average molecular weight is 429 g/mol. The molecule has 3 rings (SSSR count). The number of sulfonamides is 1. The van der Waals surface area contributed by atoms with Crippen LogP contribution in [0, 0.1) is 0 Å². The zero-order chi connectivity index (χ0) is 20.9. The van der Waals surface area contributed by atoms with Crippen molar-refractivity contribution in [1.29, 1.82) is 0 Å². The summed E-state index contributed by atoms with van der Waals surface area (Å²) >= 11 is 1.37. The Morgan fingerprint density at radius 2 is 1.55 bits per heavy atom. The number of benzene rings is 2. The summed E-state index contributed by atoms with van der Waals surface area (Å²) in [5.41, 5.74) is 3.13. The van der Waals surface area contributed by atoms with Crippen LogP contribution in [0.2, 0.25) is 0 Å². The van der Waals surface area contributed by atoms with Crippen LogP contribution in [0.1, 0.15) is 19.4 Å². The first kappa shape index (κ1) is 21.1. The zero-order valence-electron chi connectivity index (χ0n) is 16.5. The fourth-order valence-corrected chi connectivity index (χ4v) is 5.02. The molecule has 0 bridgehead atoms. The number of anilines is 1. The lowest BCUT2D eigenvalue weighted by molar-refractivity contribution is -0.130. The van der Waals surface area contributed by atoms with Crippen molar-refractivity contribution in [3.63, 3.8) is 0 Å². The smallest absolute Gasteiger partial charge is 0.261 e. The summed E-state index contributed by atoms with van der Waals surface area (Å²) < 4.78 is 28.3. The molecular weight excluding hydrogens is 404 g/mol. The predicted octanol–water partition coefficient (Wildman–Crippen LogP) is 4.63. The summed E-state index contributed by atoms with van der Waals surface area (Å²) in [4.78, 5) is 14.3. The average Bonchev–Trinajstić information content (AvgIpc) is 3.15. The molecule has 29 heavy (non-hydrogen) atoms. The Hall–Kier alpha value is -2.64. The van der Waals surface area contributed by atoms with Gasteiger partial charge in [-0.1, -0.05) is 42.5 Å². The Morgan fingerprint density at radius 1 is 0.931 bits per heavy atom. The van der Waals surface area contributed by atoms with Crippen LogP contribution in [-0.2, 0) is 21.2 Å². The van der Waals surface area contributed by atoms with Gasteiger partial charge in [0.25, 0.3) is 10.0 Å². The molecule has 7 heteroatoms. The second-order valence-corrected chi connectivity index (χ2v) is 8.98. The highest BCUT2D eigenvalue weighted by molar-refractivity contribution is 7.92. The van der Waals surface area contributed by atoms with Gasteiger partial charge in [-0.05, 0) is 48.1 Å². The maximum atomic E-state index is 12.8. The maximum absolute atomic E-state index is 12.8. The Kier molecular flexibility index (Phi) is 6.71. The molecule has 0 radical (unpaired) electrons. The maximum Gasteiger partial charge on any atom is 0.261 e. The standard InChI is InChI=1S/C22H24N2O3S2/c1-3-24(4-2)22(25)14-19-15-28-16-21(19)23-29(26,27)20-12-10-18(11-13-20)17-8-6-5-7-9-17/h5-13,15-16,23H,3-4,14H2,1-2H3. The van der Waals surface area contributed by atoms with E-state index in [-0.39, 0.29) is 17.2 Å². The summed E-state index contributed by atoms with van der Waals surface area (Å²) in [6, 6.07) is 16.6. The van der Waals surface area contributed by atoms with Crippen molar-refractivity contribution in [3.8, 4) is 11.1 Å². The molecule has 152 valence electrons. The molecule has 0 atom stereocenters. The predicted molar refractivity (Wildman–Crippen MR) is 119 cm³/mol. The van der Waals surface area contributed by atoms with E-state index in [1.807, 2.05) is 49.6 Å². The molecule has 0 unspecified atom stereocenters. The number of nitrogens with one attached hydrogen (secondary N) is 1. The lowest BCUT2D eigenvalue weighted by Crippen LogP contribution is -2.31. The van der Waals surface area contributed by atoms with Crippen molar-refractivity contribution >= 4 is 33.0 Å². The zero-order valence-corrected chi connectivity index (χ0v) is 18.1. The van der Waals surface area contributed by atoms with E-state index in [1.54, 1.807) is 34.5 Å². The number of hydrogen-bond donors (Lipinski definition) is 1. The van der Waals surface area contributed by atoms with E-state index in [0.29, 0.717) is 24.3 Å². The summed E-state index contributed by atoms with van der Waals surface area (Å²) in [6.07, 6.45) is 0.177. The number of hydrogen-bond acceptors (Lipinski definition) is 4. The highest BCUT2D eigenvalue weighted by Gasteiger charge is 2.19. The summed E-state index contributed by atoms with van der Waals surface area (Å²) in [5, 5.41) is 3.54. The van der Waals surface area contributed by atoms with Gasteiger partial charge >= 0.3 is 0 Å². The Morgan fingerprint density at radius 3 is 2.17 bits per heavy atom. The number of likely N-dealkylation sites (N-methyl/N-ethyl adjacent to an activating group) is 1. The van der Waals surface area contributed by atoms with E-state index in [2.05, 4.69) is 4.72 Å². The van der Waals surface area contributed by atoms with Gasteiger partial charge in [-0.15, -0.1) is 11.3 Å². The Balaban J connectivity index is 1.77. The lowest BCUT2D eigenvalue weighted by atomic mass is 10.1. The van der Waals surface area contributed by atoms with Crippen LogP contribution < -0.4 is 4.72 Å². The van der Waals surface area contributed by atoms with Crippen molar-refractivity contribution in [2.24, 2.45) is 0 Å². The molecular formula is C22H24N2O3S2. The second kappa shape index (κ2) is 9.24. The van der Waals surface area contributed by atoms with Crippen LogP contribution in [0.25, 0.3) is 11.1 Å². The fraction of sp³-hybridized carbons (Fsp3) is 0.227.